The van der Waals surface area contributed by atoms with Crippen LogP contribution in [0.4, 0.5) is 0 Å². The molecule has 1 rings (SSSR count). The third-order valence-electron chi connectivity index (χ3n) is 4.81. The van der Waals surface area contributed by atoms with E-state index in [0.29, 0.717) is 0 Å². The lowest BCUT2D eigenvalue weighted by Gasteiger charge is -2.41. The van der Waals surface area contributed by atoms with Gasteiger partial charge >= 0.3 is 5.97 Å². The maximum absolute atomic E-state index is 12.5. The van der Waals surface area contributed by atoms with Crippen LogP contribution >= 0.6 is 0 Å². The molecule has 0 spiro atoms. The van der Waals surface area contributed by atoms with Gasteiger partial charge in [-0.3, -0.25) is 4.79 Å². The second-order valence-electron chi connectivity index (χ2n) is 6.98. The monoisotopic (exact) mass is 240 g/mol. The van der Waals surface area contributed by atoms with Crippen LogP contribution in [0, 0.1) is 10.8 Å². The van der Waals surface area contributed by atoms with Gasteiger partial charge in [-0.1, -0.05) is 27.7 Å². The number of carbonyl (C=O) groups is 1. The van der Waals surface area contributed by atoms with Crippen molar-refractivity contribution in [3.63, 3.8) is 0 Å². The summed E-state index contributed by atoms with van der Waals surface area (Å²) in [7, 11) is 0. The van der Waals surface area contributed by atoms with Gasteiger partial charge in [0.25, 0.3) is 0 Å². The summed E-state index contributed by atoms with van der Waals surface area (Å²) in [6, 6.07) is 0. The van der Waals surface area contributed by atoms with Crippen molar-refractivity contribution in [1.29, 1.82) is 0 Å². The van der Waals surface area contributed by atoms with Gasteiger partial charge in [0.15, 0.2) is 0 Å². The Morgan fingerprint density at radius 2 is 1.65 bits per heavy atom. The molecular formula is C15H28O2. The standard InChI is InChI=1S/C15H28O2/c1-7-15(6,13(2,3)4)12(16)17-14(5)10-8-9-11-14/h7-11H2,1-6H3. The van der Waals surface area contributed by atoms with E-state index in [1.54, 1.807) is 0 Å². The third kappa shape index (κ3) is 2.83. The van der Waals surface area contributed by atoms with Gasteiger partial charge in [-0.25, -0.2) is 0 Å². The van der Waals surface area contributed by atoms with Crippen LogP contribution in [0.3, 0.4) is 0 Å². The van der Waals surface area contributed by atoms with Gasteiger partial charge < -0.3 is 4.74 Å². The third-order valence-corrected chi connectivity index (χ3v) is 4.81. The molecular weight excluding hydrogens is 212 g/mol. The van der Waals surface area contributed by atoms with Crippen molar-refractivity contribution in [2.24, 2.45) is 10.8 Å². The van der Waals surface area contributed by atoms with Gasteiger partial charge in [0.1, 0.15) is 5.60 Å². The Morgan fingerprint density at radius 1 is 1.18 bits per heavy atom. The molecule has 1 fully saturated rings. The molecule has 0 aliphatic heterocycles. The van der Waals surface area contributed by atoms with Crippen LogP contribution in [0.5, 0.6) is 0 Å². The zero-order chi connectivity index (χ0) is 13.3. The summed E-state index contributed by atoms with van der Waals surface area (Å²) in [6.07, 6.45) is 5.22. The van der Waals surface area contributed by atoms with Crippen molar-refractivity contribution in [1.82, 2.24) is 0 Å². The van der Waals surface area contributed by atoms with Crippen LogP contribution in [-0.2, 0) is 9.53 Å². The van der Waals surface area contributed by atoms with Gasteiger partial charge in [-0.05, 0) is 51.4 Å². The molecule has 2 nitrogen and oxygen atoms in total. The summed E-state index contributed by atoms with van der Waals surface area (Å²) in [5.41, 5.74) is -0.662. The van der Waals surface area contributed by atoms with Crippen LogP contribution in [0.15, 0.2) is 0 Å². The fraction of sp³-hybridized carbons (Fsp3) is 0.933. The van der Waals surface area contributed by atoms with E-state index < -0.39 is 5.41 Å². The Balaban J connectivity index is 2.81. The summed E-state index contributed by atoms with van der Waals surface area (Å²) >= 11 is 0. The van der Waals surface area contributed by atoms with E-state index in [1.807, 2.05) is 6.92 Å². The van der Waals surface area contributed by atoms with Crippen molar-refractivity contribution in [3.05, 3.63) is 0 Å². The molecule has 2 heteroatoms. The number of carbonyl (C=O) groups excluding carboxylic acids is 1. The van der Waals surface area contributed by atoms with Gasteiger partial charge in [0.05, 0.1) is 5.41 Å². The minimum absolute atomic E-state index is 0.0168. The largest absolute Gasteiger partial charge is 0.459 e. The molecule has 1 aliphatic carbocycles. The van der Waals surface area contributed by atoms with Crippen molar-refractivity contribution >= 4 is 5.97 Å². The highest BCUT2D eigenvalue weighted by molar-refractivity contribution is 5.77. The van der Waals surface area contributed by atoms with Crippen LogP contribution in [0.25, 0.3) is 0 Å². The first kappa shape index (κ1) is 14.5. The molecule has 0 radical (unpaired) electrons. The first-order valence-electron chi connectivity index (χ1n) is 6.88. The molecule has 0 saturated heterocycles. The fourth-order valence-electron chi connectivity index (χ4n) is 2.54. The summed E-state index contributed by atoms with van der Waals surface area (Å²) in [5, 5.41) is 0. The van der Waals surface area contributed by atoms with E-state index >= 15 is 0 Å². The quantitative estimate of drug-likeness (QED) is 0.686. The maximum Gasteiger partial charge on any atom is 0.312 e. The second kappa shape index (κ2) is 4.62. The first-order valence-corrected chi connectivity index (χ1v) is 6.88. The van der Waals surface area contributed by atoms with E-state index in [4.69, 9.17) is 4.74 Å². The van der Waals surface area contributed by atoms with Gasteiger partial charge in [0, 0.05) is 0 Å². The van der Waals surface area contributed by atoms with Crippen molar-refractivity contribution in [2.45, 2.75) is 79.2 Å². The van der Waals surface area contributed by atoms with E-state index in [1.165, 1.54) is 12.8 Å². The number of hydrogen-bond acceptors (Lipinski definition) is 2. The van der Waals surface area contributed by atoms with Gasteiger partial charge in [0.2, 0.25) is 0 Å². The van der Waals surface area contributed by atoms with Crippen molar-refractivity contribution < 1.29 is 9.53 Å². The molecule has 1 saturated carbocycles. The molecule has 0 heterocycles. The molecule has 17 heavy (non-hydrogen) atoms. The normalized spacial score (nSPS) is 23.2. The van der Waals surface area contributed by atoms with Crippen LogP contribution in [0.1, 0.15) is 73.6 Å². The van der Waals surface area contributed by atoms with Crippen LogP contribution < -0.4 is 0 Å². The molecule has 100 valence electrons. The zero-order valence-corrected chi connectivity index (χ0v) is 12.4. The Bertz CT molecular complexity index is 282. The molecule has 0 amide bonds. The van der Waals surface area contributed by atoms with Crippen molar-refractivity contribution in [2.75, 3.05) is 0 Å². The number of esters is 1. The Hall–Kier alpha value is -0.530. The number of ether oxygens (including phenoxy) is 1. The lowest BCUT2D eigenvalue weighted by Crippen LogP contribution is -2.44. The van der Waals surface area contributed by atoms with E-state index in [9.17, 15) is 4.79 Å². The second-order valence-corrected chi connectivity index (χ2v) is 6.98. The highest BCUT2D eigenvalue weighted by Gasteiger charge is 2.46. The number of hydrogen-bond donors (Lipinski definition) is 0. The lowest BCUT2D eigenvalue weighted by atomic mass is 9.66. The molecule has 1 unspecified atom stereocenters. The van der Waals surface area contributed by atoms with Gasteiger partial charge in [-0.15, -0.1) is 0 Å². The highest BCUT2D eigenvalue weighted by Crippen LogP contribution is 2.44. The smallest absolute Gasteiger partial charge is 0.312 e. The first-order chi connectivity index (χ1) is 7.65. The summed E-state index contributed by atoms with van der Waals surface area (Å²) in [5.74, 6) is -0.0168. The topological polar surface area (TPSA) is 26.3 Å². The molecule has 1 atom stereocenters. The predicted molar refractivity (Wildman–Crippen MR) is 70.8 cm³/mol. The van der Waals surface area contributed by atoms with E-state index in [-0.39, 0.29) is 17.0 Å². The molecule has 0 aromatic heterocycles. The Labute approximate surface area is 106 Å². The van der Waals surface area contributed by atoms with Gasteiger partial charge in [-0.2, -0.15) is 0 Å². The fourth-order valence-corrected chi connectivity index (χ4v) is 2.54. The lowest BCUT2D eigenvalue weighted by molar-refractivity contribution is -0.176. The minimum Gasteiger partial charge on any atom is -0.459 e. The summed E-state index contributed by atoms with van der Waals surface area (Å²) in [6.45, 7) is 12.5. The number of rotatable bonds is 3. The average molecular weight is 240 g/mol. The maximum atomic E-state index is 12.5. The van der Waals surface area contributed by atoms with E-state index in [0.717, 1.165) is 19.3 Å². The molecule has 0 bridgehead atoms. The summed E-state index contributed by atoms with van der Waals surface area (Å²) < 4.78 is 5.84. The molecule has 0 aromatic rings. The van der Waals surface area contributed by atoms with Crippen LogP contribution in [-0.4, -0.2) is 11.6 Å². The molecule has 1 aliphatic rings. The molecule has 0 aromatic carbocycles. The SMILES string of the molecule is CCC(C)(C(=O)OC1(C)CCCC1)C(C)(C)C. The van der Waals surface area contributed by atoms with E-state index in [2.05, 4.69) is 34.6 Å². The Kier molecular flexibility index (Phi) is 3.95. The average Bonchev–Trinajstić information content (AvgIpc) is 2.61. The van der Waals surface area contributed by atoms with Crippen LogP contribution in [0.2, 0.25) is 0 Å². The minimum atomic E-state index is -0.390. The van der Waals surface area contributed by atoms with Crippen molar-refractivity contribution in [3.8, 4) is 0 Å². The Morgan fingerprint density at radius 3 is 2.00 bits per heavy atom. The zero-order valence-electron chi connectivity index (χ0n) is 12.4. The summed E-state index contributed by atoms with van der Waals surface area (Å²) in [4.78, 5) is 12.5. The highest BCUT2D eigenvalue weighted by atomic mass is 16.6. The predicted octanol–water partition coefficient (Wildman–Crippen LogP) is 4.32. The molecule has 0 N–H and O–H groups in total.